The van der Waals surface area contributed by atoms with E-state index in [0.29, 0.717) is 13.0 Å². The van der Waals surface area contributed by atoms with Crippen molar-refractivity contribution in [1.29, 1.82) is 5.26 Å². The van der Waals surface area contributed by atoms with E-state index in [2.05, 4.69) is 11.0 Å². The Balaban J connectivity index is 2.39. The van der Waals surface area contributed by atoms with Crippen LogP contribution >= 0.6 is 0 Å². The SMILES string of the molecule is CN1CCC(CC#N)C(O)C1. The summed E-state index contributed by atoms with van der Waals surface area (Å²) in [4.78, 5) is 2.10. The zero-order chi connectivity index (χ0) is 8.27. The van der Waals surface area contributed by atoms with Gasteiger partial charge in [-0.05, 0) is 20.0 Å². The molecule has 2 atom stereocenters. The van der Waals surface area contributed by atoms with Gasteiger partial charge in [-0.3, -0.25) is 0 Å². The minimum atomic E-state index is -0.298. The number of rotatable bonds is 1. The van der Waals surface area contributed by atoms with Gasteiger partial charge >= 0.3 is 0 Å². The molecular weight excluding hydrogens is 140 g/mol. The summed E-state index contributed by atoms with van der Waals surface area (Å²) in [7, 11) is 1.99. The summed E-state index contributed by atoms with van der Waals surface area (Å²) in [5.74, 6) is 0.205. The van der Waals surface area contributed by atoms with Crippen LogP contribution < -0.4 is 0 Å². The Morgan fingerprint density at radius 1 is 1.73 bits per heavy atom. The maximum atomic E-state index is 9.48. The molecule has 0 bridgehead atoms. The molecule has 1 N–H and O–H groups in total. The second-order valence-corrected chi connectivity index (χ2v) is 3.24. The fourth-order valence-corrected chi connectivity index (χ4v) is 1.49. The van der Waals surface area contributed by atoms with Crippen LogP contribution in [0.4, 0.5) is 0 Å². The fraction of sp³-hybridized carbons (Fsp3) is 0.875. The number of aliphatic hydroxyl groups is 1. The quantitative estimate of drug-likeness (QED) is 0.587. The van der Waals surface area contributed by atoms with Crippen molar-refractivity contribution in [3.8, 4) is 6.07 Å². The molecule has 0 aromatic heterocycles. The van der Waals surface area contributed by atoms with E-state index in [1.54, 1.807) is 0 Å². The van der Waals surface area contributed by atoms with Gasteiger partial charge in [-0.2, -0.15) is 5.26 Å². The molecule has 1 heterocycles. The van der Waals surface area contributed by atoms with Gasteiger partial charge in [0, 0.05) is 18.9 Å². The second kappa shape index (κ2) is 3.70. The molecule has 0 aromatic carbocycles. The number of piperidine rings is 1. The van der Waals surface area contributed by atoms with Crippen LogP contribution in [0.15, 0.2) is 0 Å². The molecule has 1 saturated heterocycles. The predicted molar refractivity (Wildman–Crippen MR) is 41.8 cm³/mol. The van der Waals surface area contributed by atoms with E-state index in [1.807, 2.05) is 7.05 Å². The van der Waals surface area contributed by atoms with E-state index < -0.39 is 0 Å². The Bertz CT molecular complexity index is 164. The van der Waals surface area contributed by atoms with Crippen LogP contribution in [0, 0.1) is 17.2 Å². The normalized spacial score (nSPS) is 33.2. The van der Waals surface area contributed by atoms with Crippen LogP contribution in [-0.4, -0.2) is 36.2 Å². The van der Waals surface area contributed by atoms with E-state index in [-0.39, 0.29) is 12.0 Å². The van der Waals surface area contributed by atoms with Crippen molar-refractivity contribution < 1.29 is 5.11 Å². The van der Waals surface area contributed by atoms with E-state index >= 15 is 0 Å². The zero-order valence-electron chi connectivity index (χ0n) is 6.82. The Hall–Kier alpha value is -0.590. The number of aliphatic hydroxyl groups excluding tert-OH is 1. The van der Waals surface area contributed by atoms with Crippen LogP contribution in [0.2, 0.25) is 0 Å². The molecule has 1 rings (SSSR count). The van der Waals surface area contributed by atoms with Crippen LogP contribution in [0.1, 0.15) is 12.8 Å². The van der Waals surface area contributed by atoms with E-state index in [0.717, 1.165) is 13.0 Å². The van der Waals surface area contributed by atoms with Gasteiger partial charge in [-0.25, -0.2) is 0 Å². The van der Waals surface area contributed by atoms with Crippen molar-refractivity contribution in [2.24, 2.45) is 5.92 Å². The van der Waals surface area contributed by atoms with Gasteiger partial charge in [-0.1, -0.05) is 0 Å². The molecule has 0 radical (unpaired) electrons. The first-order valence-electron chi connectivity index (χ1n) is 3.97. The topological polar surface area (TPSA) is 47.3 Å². The average Bonchev–Trinajstić information content (AvgIpc) is 1.95. The molecule has 3 nitrogen and oxygen atoms in total. The van der Waals surface area contributed by atoms with Gasteiger partial charge in [0.25, 0.3) is 0 Å². The van der Waals surface area contributed by atoms with Gasteiger partial charge in [0.2, 0.25) is 0 Å². The highest BCUT2D eigenvalue weighted by molar-refractivity contribution is 4.85. The highest BCUT2D eigenvalue weighted by atomic mass is 16.3. The summed E-state index contributed by atoms with van der Waals surface area (Å²) in [6, 6.07) is 2.10. The van der Waals surface area contributed by atoms with Crippen LogP contribution in [-0.2, 0) is 0 Å². The molecule has 0 aliphatic carbocycles. The molecule has 1 fully saturated rings. The van der Waals surface area contributed by atoms with Gasteiger partial charge < -0.3 is 10.0 Å². The summed E-state index contributed by atoms with van der Waals surface area (Å²) < 4.78 is 0. The monoisotopic (exact) mass is 154 g/mol. The van der Waals surface area contributed by atoms with Crippen molar-refractivity contribution in [2.45, 2.75) is 18.9 Å². The van der Waals surface area contributed by atoms with Crippen LogP contribution in [0.5, 0.6) is 0 Å². The average molecular weight is 154 g/mol. The summed E-state index contributed by atoms with van der Waals surface area (Å²) in [5, 5.41) is 17.9. The summed E-state index contributed by atoms with van der Waals surface area (Å²) >= 11 is 0. The molecule has 0 spiro atoms. The van der Waals surface area contributed by atoms with E-state index in [4.69, 9.17) is 5.26 Å². The standard InChI is InChI=1S/C8H14N2O/c1-10-5-3-7(2-4-9)8(11)6-10/h7-8,11H,2-3,5-6H2,1H3. The summed E-state index contributed by atoms with van der Waals surface area (Å²) in [6.07, 6.45) is 1.15. The predicted octanol–water partition coefficient (Wildman–Crippen LogP) is 0.213. The number of likely N-dealkylation sites (tertiary alicyclic amines) is 1. The number of hydrogen-bond acceptors (Lipinski definition) is 3. The molecule has 0 aromatic rings. The number of nitriles is 1. The van der Waals surface area contributed by atoms with E-state index in [9.17, 15) is 5.11 Å². The highest BCUT2D eigenvalue weighted by Gasteiger charge is 2.25. The largest absolute Gasteiger partial charge is 0.391 e. The molecular formula is C8H14N2O. The molecule has 11 heavy (non-hydrogen) atoms. The lowest BCUT2D eigenvalue weighted by atomic mass is 9.92. The molecule has 0 amide bonds. The number of β-amino-alcohol motifs (C(OH)–C–C–N with tert-alkyl or cyclic N) is 1. The molecule has 3 heteroatoms. The summed E-state index contributed by atoms with van der Waals surface area (Å²) in [6.45, 7) is 1.72. The van der Waals surface area contributed by atoms with Crippen molar-refractivity contribution in [2.75, 3.05) is 20.1 Å². The third kappa shape index (κ3) is 2.18. The van der Waals surface area contributed by atoms with E-state index in [1.165, 1.54) is 0 Å². The third-order valence-electron chi connectivity index (χ3n) is 2.28. The number of hydrogen-bond donors (Lipinski definition) is 1. The van der Waals surface area contributed by atoms with Gasteiger partial charge in [-0.15, -0.1) is 0 Å². The summed E-state index contributed by atoms with van der Waals surface area (Å²) in [5.41, 5.74) is 0. The minimum absolute atomic E-state index is 0.205. The number of nitrogens with zero attached hydrogens (tertiary/aromatic N) is 2. The Morgan fingerprint density at radius 3 is 3.00 bits per heavy atom. The van der Waals surface area contributed by atoms with Gasteiger partial charge in [0.05, 0.1) is 12.2 Å². The Kier molecular flexibility index (Phi) is 2.86. The van der Waals surface area contributed by atoms with Crippen molar-refractivity contribution >= 4 is 0 Å². The Morgan fingerprint density at radius 2 is 2.45 bits per heavy atom. The van der Waals surface area contributed by atoms with Crippen LogP contribution in [0.3, 0.4) is 0 Å². The van der Waals surface area contributed by atoms with Gasteiger partial charge in [0.1, 0.15) is 0 Å². The molecule has 0 saturated carbocycles. The first kappa shape index (κ1) is 8.51. The third-order valence-corrected chi connectivity index (χ3v) is 2.28. The van der Waals surface area contributed by atoms with Crippen molar-refractivity contribution in [1.82, 2.24) is 4.90 Å². The van der Waals surface area contributed by atoms with Crippen molar-refractivity contribution in [3.05, 3.63) is 0 Å². The number of likely N-dealkylation sites (N-methyl/N-ethyl adjacent to an activating group) is 1. The first-order valence-corrected chi connectivity index (χ1v) is 3.97. The molecule has 1 aliphatic rings. The maximum Gasteiger partial charge on any atom is 0.0705 e. The molecule has 2 unspecified atom stereocenters. The lowest BCUT2D eigenvalue weighted by Gasteiger charge is -2.32. The highest BCUT2D eigenvalue weighted by Crippen LogP contribution is 2.19. The fourth-order valence-electron chi connectivity index (χ4n) is 1.49. The smallest absolute Gasteiger partial charge is 0.0705 e. The first-order chi connectivity index (χ1) is 5.24. The zero-order valence-corrected chi connectivity index (χ0v) is 6.82. The van der Waals surface area contributed by atoms with Crippen LogP contribution in [0.25, 0.3) is 0 Å². The Labute approximate surface area is 67.2 Å². The van der Waals surface area contributed by atoms with Gasteiger partial charge in [0.15, 0.2) is 0 Å². The van der Waals surface area contributed by atoms with Crippen molar-refractivity contribution in [3.63, 3.8) is 0 Å². The molecule has 1 aliphatic heterocycles. The lowest BCUT2D eigenvalue weighted by Crippen LogP contribution is -2.41. The second-order valence-electron chi connectivity index (χ2n) is 3.24. The minimum Gasteiger partial charge on any atom is -0.391 e. The maximum absolute atomic E-state index is 9.48. The lowest BCUT2D eigenvalue weighted by molar-refractivity contribution is 0.0344. The molecule has 62 valence electrons.